The van der Waals surface area contributed by atoms with E-state index in [0.29, 0.717) is 0 Å². The van der Waals surface area contributed by atoms with E-state index in [1.54, 1.807) is 0 Å². The van der Waals surface area contributed by atoms with E-state index in [0.717, 1.165) is 38.4 Å². The van der Waals surface area contributed by atoms with Gasteiger partial charge in [0.2, 0.25) is 0 Å². The van der Waals surface area contributed by atoms with Crippen LogP contribution in [0.1, 0.15) is 38.7 Å². The third kappa shape index (κ3) is 8.39. The summed E-state index contributed by atoms with van der Waals surface area (Å²) in [5.74, 6) is 0.919. The first-order valence-electron chi connectivity index (χ1n) is 7.26. The summed E-state index contributed by atoms with van der Waals surface area (Å²) >= 11 is 0. The predicted molar refractivity (Wildman–Crippen MR) is 95.8 cm³/mol. The topological polar surface area (TPSA) is 54.2 Å². The molecule has 2 N–H and O–H groups in total. The zero-order valence-electron chi connectivity index (χ0n) is 12.9. The molecule has 0 unspecified atom stereocenters. The van der Waals surface area contributed by atoms with E-state index < -0.39 is 0 Å². The van der Waals surface area contributed by atoms with Gasteiger partial charge in [0.1, 0.15) is 0 Å². The number of halogens is 1. The first-order valence-corrected chi connectivity index (χ1v) is 7.26. The molecule has 0 atom stereocenters. The van der Waals surface area contributed by atoms with Crippen molar-refractivity contribution in [3.63, 3.8) is 0 Å². The second kappa shape index (κ2) is 12.0. The smallest absolute Gasteiger partial charge is 0.191 e. The molecule has 1 rings (SSSR count). The van der Waals surface area contributed by atoms with Gasteiger partial charge in [-0.15, -0.1) is 24.0 Å². The van der Waals surface area contributed by atoms with Crippen molar-refractivity contribution in [2.45, 2.75) is 39.5 Å². The molecule has 20 heavy (non-hydrogen) atoms. The molecule has 0 saturated carbocycles. The van der Waals surface area contributed by atoms with Crippen LogP contribution in [0.2, 0.25) is 0 Å². The van der Waals surface area contributed by atoms with Gasteiger partial charge in [-0.25, -0.2) is 0 Å². The van der Waals surface area contributed by atoms with Gasteiger partial charge in [-0.3, -0.25) is 9.67 Å². The Kier molecular flexibility index (Phi) is 11.5. The maximum absolute atomic E-state index is 4.56. The predicted octanol–water partition coefficient (Wildman–Crippen LogP) is 2.33. The highest BCUT2D eigenvalue weighted by molar-refractivity contribution is 14.0. The molecule has 0 bridgehead atoms. The Balaban J connectivity index is 0.00000361. The van der Waals surface area contributed by atoms with Crippen molar-refractivity contribution in [3.8, 4) is 0 Å². The Labute approximate surface area is 139 Å². The molecular weight excluding hydrogens is 365 g/mol. The molecule has 6 heteroatoms. The normalized spacial score (nSPS) is 11.1. The molecule has 1 aromatic rings. The molecule has 0 fully saturated rings. The Bertz CT molecular complexity index is 375. The van der Waals surface area contributed by atoms with Crippen LogP contribution in [0.3, 0.4) is 0 Å². The molecule has 0 aromatic carbocycles. The summed E-state index contributed by atoms with van der Waals surface area (Å²) in [6.45, 7) is 6.97. The molecule has 0 spiro atoms. The number of guanidine groups is 1. The quantitative estimate of drug-likeness (QED) is 0.309. The zero-order valence-corrected chi connectivity index (χ0v) is 15.2. The molecule has 0 amide bonds. The standard InChI is InChI=1S/C14H27N5.HI/c1-4-6-7-9-16-14(15-5-2)17-10-8-13-11-18-19(3)12-13;/h11-12H,4-10H2,1-3H3,(H2,15,16,17);1H. The van der Waals surface area contributed by atoms with Gasteiger partial charge >= 0.3 is 0 Å². The lowest BCUT2D eigenvalue weighted by molar-refractivity contribution is 0.716. The van der Waals surface area contributed by atoms with Gasteiger partial charge in [-0.1, -0.05) is 19.8 Å². The maximum Gasteiger partial charge on any atom is 0.191 e. The monoisotopic (exact) mass is 393 g/mol. The van der Waals surface area contributed by atoms with Gasteiger partial charge in [-0.05, 0) is 25.3 Å². The van der Waals surface area contributed by atoms with Crippen LogP contribution < -0.4 is 10.6 Å². The second-order valence-corrected chi connectivity index (χ2v) is 4.67. The summed E-state index contributed by atoms with van der Waals surface area (Å²) in [5.41, 5.74) is 1.25. The van der Waals surface area contributed by atoms with E-state index >= 15 is 0 Å². The lowest BCUT2D eigenvalue weighted by Crippen LogP contribution is -2.38. The maximum atomic E-state index is 4.56. The summed E-state index contributed by atoms with van der Waals surface area (Å²) in [6.07, 6.45) is 8.57. The lowest BCUT2D eigenvalue weighted by atomic mass is 10.2. The number of aromatic nitrogens is 2. The molecule has 5 nitrogen and oxygen atoms in total. The summed E-state index contributed by atoms with van der Waals surface area (Å²) < 4.78 is 1.83. The van der Waals surface area contributed by atoms with Crippen molar-refractivity contribution >= 4 is 29.9 Å². The average Bonchev–Trinajstić information content (AvgIpc) is 2.80. The van der Waals surface area contributed by atoms with E-state index in [1.165, 1.54) is 18.4 Å². The van der Waals surface area contributed by atoms with E-state index in [9.17, 15) is 0 Å². The molecule has 0 aliphatic rings. The van der Waals surface area contributed by atoms with Crippen LogP contribution in [-0.4, -0.2) is 35.4 Å². The molecule has 0 saturated heterocycles. The van der Waals surface area contributed by atoms with Gasteiger partial charge in [0, 0.05) is 32.9 Å². The summed E-state index contributed by atoms with van der Waals surface area (Å²) in [7, 11) is 1.94. The van der Waals surface area contributed by atoms with Crippen molar-refractivity contribution in [2.24, 2.45) is 12.0 Å². The minimum atomic E-state index is 0. The van der Waals surface area contributed by atoms with Crippen molar-refractivity contribution in [3.05, 3.63) is 18.0 Å². The zero-order chi connectivity index (χ0) is 13.9. The highest BCUT2D eigenvalue weighted by atomic mass is 127. The summed E-state index contributed by atoms with van der Waals surface area (Å²) in [5, 5.41) is 10.8. The number of unbranched alkanes of at least 4 members (excludes halogenated alkanes) is 2. The van der Waals surface area contributed by atoms with Crippen LogP contribution in [0.15, 0.2) is 17.4 Å². The van der Waals surface area contributed by atoms with Crippen LogP contribution in [0.4, 0.5) is 0 Å². The Morgan fingerprint density at radius 3 is 2.70 bits per heavy atom. The van der Waals surface area contributed by atoms with Crippen molar-refractivity contribution in [1.82, 2.24) is 20.4 Å². The van der Waals surface area contributed by atoms with E-state index in [4.69, 9.17) is 0 Å². The molecule has 116 valence electrons. The van der Waals surface area contributed by atoms with Crippen LogP contribution in [0.5, 0.6) is 0 Å². The van der Waals surface area contributed by atoms with Crippen LogP contribution in [0.25, 0.3) is 0 Å². The molecule has 0 aliphatic heterocycles. The molecule has 1 heterocycles. The van der Waals surface area contributed by atoms with Crippen molar-refractivity contribution in [2.75, 3.05) is 19.6 Å². The van der Waals surface area contributed by atoms with E-state index in [-0.39, 0.29) is 24.0 Å². The minimum absolute atomic E-state index is 0. The SMILES string of the molecule is CCCCCN=C(NCC)NCCc1cnn(C)c1.I. The van der Waals surface area contributed by atoms with Gasteiger partial charge < -0.3 is 10.6 Å². The third-order valence-electron chi connectivity index (χ3n) is 2.84. The Hall–Kier alpha value is -0.790. The second-order valence-electron chi connectivity index (χ2n) is 4.67. The largest absolute Gasteiger partial charge is 0.357 e. The Morgan fingerprint density at radius 1 is 1.30 bits per heavy atom. The van der Waals surface area contributed by atoms with E-state index in [2.05, 4.69) is 34.6 Å². The number of nitrogens with one attached hydrogen (secondary N) is 2. The highest BCUT2D eigenvalue weighted by Crippen LogP contribution is 1.96. The van der Waals surface area contributed by atoms with Gasteiger partial charge in [0.15, 0.2) is 5.96 Å². The fraction of sp³-hybridized carbons (Fsp3) is 0.714. The number of aryl methyl sites for hydroxylation is 1. The highest BCUT2D eigenvalue weighted by Gasteiger charge is 1.99. The summed E-state index contributed by atoms with van der Waals surface area (Å²) in [6, 6.07) is 0. The van der Waals surface area contributed by atoms with Crippen LogP contribution in [-0.2, 0) is 13.5 Å². The number of hydrogen-bond donors (Lipinski definition) is 2. The molecule has 0 radical (unpaired) electrons. The lowest BCUT2D eigenvalue weighted by Gasteiger charge is -2.10. The molecule has 0 aliphatic carbocycles. The Morgan fingerprint density at radius 2 is 2.10 bits per heavy atom. The number of nitrogens with zero attached hydrogens (tertiary/aromatic N) is 3. The van der Waals surface area contributed by atoms with Gasteiger partial charge in [0.25, 0.3) is 0 Å². The van der Waals surface area contributed by atoms with Crippen molar-refractivity contribution < 1.29 is 0 Å². The van der Waals surface area contributed by atoms with Crippen molar-refractivity contribution in [1.29, 1.82) is 0 Å². The first kappa shape index (κ1) is 19.2. The fourth-order valence-corrected chi connectivity index (χ4v) is 1.82. The van der Waals surface area contributed by atoms with Crippen LogP contribution in [0, 0.1) is 0 Å². The fourth-order valence-electron chi connectivity index (χ4n) is 1.82. The average molecular weight is 393 g/mol. The minimum Gasteiger partial charge on any atom is -0.357 e. The number of rotatable bonds is 8. The number of aliphatic imine (C=N–C) groups is 1. The van der Waals surface area contributed by atoms with Gasteiger partial charge in [0.05, 0.1) is 6.20 Å². The molecular formula is C14H28IN5. The number of hydrogen-bond acceptors (Lipinski definition) is 2. The first-order chi connectivity index (χ1) is 9.26. The van der Waals surface area contributed by atoms with Crippen LogP contribution >= 0.6 is 24.0 Å². The third-order valence-corrected chi connectivity index (χ3v) is 2.84. The summed E-state index contributed by atoms with van der Waals surface area (Å²) in [4.78, 5) is 4.56. The van der Waals surface area contributed by atoms with Gasteiger partial charge in [-0.2, -0.15) is 5.10 Å². The molecule has 1 aromatic heterocycles. The van der Waals surface area contributed by atoms with E-state index in [1.807, 2.05) is 24.1 Å².